The lowest BCUT2D eigenvalue weighted by atomic mass is 10.0. The molecule has 0 bridgehead atoms. The van der Waals surface area contributed by atoms with Crippen LogP contribution in [0, 0.1) is 5.41 Å². The van der Waals surface area contributed by atoms with Gasteiger partial charge >= 0.3 is 0 Å². The number of hydrogen-bond donors (Lipinski definition) is 2. The third-order valence-corrected chi connectivity index (χ3v) is 9.42. The normalized spacial score (nSPS) is 11.7. The van der Waals surface area contributed by atoms with Gasteiger partial charge in [-0.25, -0.2) is 0 Å². The molecule has 4 heteroatoms. The number of aromatic nitrogens is 1. The number of benzene rings is 6. The fourth-order valence-electron chi connectivity index (χ4n) is 6.08. The zero-order valence-electron chi connectivity index (χ0n) is 23.3. The van der Waals surface area contributed by atoms with E-state index in [-0.39, 0.29) is 0 Å². The fraction of sp³-hybridized carbons (Fsp3) is 0. The zero-order chi connectivity index (χ0) is 28.8. The van der Waals surface area contributed by atoms with Gasteiger partial charge in [-0.05, 0) is 40.5 Å². The topological polar surface area (TPSA) is 40.8 Å². The molecule has 0 radical (unpaired) electrons. The standard InChI is InChI=1S/C39H27N3S/c40-35(34-19-10-18-33-32-17-9-16-29(38(32)43-39(33)34)27-13-5-2-6-14-27)23-24-41-42-36-20-8-7-15-30(36)31-22-21-28(25-37(31)42)26-11-3-1-4-12-26/h1-25,40-41H/b24-23-,40-35?. The van der Waals surface area contributed by atoms with Gasteiger partial charge in [-0.3, -0.25) is 4.68 Å². The monoisotopic (exact) mass is 569 g/mol. The smallest absolute Gasteiger partial charge is 0.0715 e. The number of thiophene rings is 1. The van der Waals surface area contributed by atoms with Crippen LogP contribution in [-0.4, -0.2) is 10.4 Å². The number of nitrogens with zero attached hydrogens (tertiary/aromatic N) is 1. The van der Waals surface area contributed by atoms with Crippen molar-refractivity contribution in [1.29, 1.82) is 5.41 Å². The van der Waals surface area contributed by atoms with Gasteiger partial charge in [0, 0.05) is 42.7 Å². The van der Waals surface area contributed by atoms with Gasteiger partial charge in [0.25, 0.3) is 0 Å². The van der Waals surface area contributed by atoms with Crippen LogP contribution >= 0.6 is 11.3 Å². The predicted octanol–water partition coefficient (Wildman–Crippen LogP) is 10.6. The van der Waals surface area contributed by atoms with E-state index in [1.807, 2.05) is 18.3 Å². The summed E-state index contributed by atoms with van der Waals surface area (Å²) in [5.41, 5.74) is 11.9. The molecule has 6 aromatic carbocycles. The van der Waals surface area contributed by atoms with Crippen LogP contribution in [0.1, 0.15) is 5.56 Å². The van der Waals surface area contributed by atoms with Gasteiger partial charge in [-0.1, -0.05) is 127 Å². The van der Waals surface area contributed by atoms with E-state index in [0.29, 0.717) is 5.71 Å². The van der Waals surface area contributed by atoms with Crippen LogP contribution in [0.4, 0.5) is 0 Å². The van der Waals surface area contributed by atoms with E-state index in [1.54, 1.807) is 11.3 Å². The van der Waals surface area contributed by atoms with Crippen LogP contribution in [0.15, 0.2) is 152 Å². The molecule has 0 fully saturated rings. The minimum Gasteiger partial charge on any atom is -0.301 e. The van der Waals surface area contributed by atoms with E-state index < -0.39 is 0 Å². The average Bonchev–Trinajstić information content (AvgIpc) is 3.61. The summed E-state index contributed by atoms with van der Waals surface area (Å²) in [6.07, 6.45) is 3.74. The highest BCUT2D eigenvalue weighted by atomic mass is 32.1. The van der Waals surface area contributed by atoms with Crippen molar-refractivity contribution in [3.63, 3.8) is 0 Å². The molecule has 0 spiro atoms. The van der Waals surface area contributed by atoms with E-state index in [2.05, 4.69) is 144 Å². The molecule has 0 saturated carbocycles. The molecule has 2 N–H and O–H groups in total. The molecule has 204 valence electrons. The molecule has 43 heavy (non-hydrogen) atoms. The zero-order valence-corrected chi connectivity index (χ0v) is 24.1. The molecule has 8 rings (SSSR count). The van der Waals surface area contributed by atoms with Crippen LogP contribution < -0.4 is 5.43 Å². The molecule has 0 aliphatic carbocycles. The summed E-state index contributed by atoms with van der Waals surface area (Å²) in [5, 5.41) is 13.9. The minimum absolute atomic E-state index is 0.469. The maximum Gasteiger partial charge on any atom is 0.0715 e. The Hall–Kier alpha value is -5.45. The van der Waals surface area contributed by atoms with E-state index in [0.717, 1.165) is 21.3 Å². The van der Waals surface area contributed by atoms with Gasteiger partial charge in [0.15, 0.2) is 0 Å². The number of para-hydroxylation sites is 1. The lowest BCUT2D eigenvalue weighted by Gasteiger charge is -2.09. The molecule has 2 aromatic heterocycles. The van der Waals surface area contributed by atoms with Crippen molar-refractivity contribution in [2.24, 2.45) is 0 Å². The van der Waals surface area contributed by atoms with Crippen LogP contribution in [0.2, 0.25) is 0 Å². The molecule has 0 atom stereocenters. The molecule has 0 aliphatic heterocycles. The van der Waals surface area contributed by atoms with Crippen LogP contribution in [0.25, 0.3) is 64.2 Å². The van der Waals surface area contributed by atoms with Crippen molar-refractivity contribution in [2.45, 2.75) is 0 Å². The van der Waals surface area contributed by atoms with Crippen molar-refractivity contribution in [3.05, 3.63) is 157 Å². The molecule has 0 amide bonds. The van der Waals surface area contributed by atoms with Crippen LogP contribution in [-0.2, 0) is 0 Å². The first-order chi connectivity index (χ1) is 21.3. The van der Waals surface area contributed by atoms with Gasteiger partial charge in [0.1, 0.15) is 0 Å². The van der Waals surface area contributed by atoms with E-state index >= 15 is 0 Å². The third kappa shape index (κ3) is 4.32. The number of fused-ring (bicyclic) bond motifs is 6. The summed E-state index contributed by atoms with van der Waals surface area (Å²) < 4.78 is 4.51. The second kappa shape index (κ2) is 10.4. The largest absolute Gasteiger partial charge is 0.301 e. The SMILES string of the molecule is N=C(/C=C\Nn1c2ccccc2c2ccc(-c3ccccc3)cc21)c1cccc2c1sc1c(-c3ccccc3)cccc12. The Kier molecular flexibility index (Phi) is 6.13. The quantitative estimate of drug-likeness (QED) is 0.192. The number of hydrogen-bond acceptors (Lipinski definition) is 3. The lowest BCUT2D eigenvalue weighted by molar-refractivity contribution is 1.05. The predicted molar refractivity (Wildman–Crippen MR) is 185 cm³/mol. The van der Waals surface area contributed by atoms with Crippen LogP contribution in [0.3, 0.4) is 0 Å². The molecule has 8 aromatic rings. The van der Waals surface area contributed by atoms with Crippen LogP contribution in [0.5, 0.6) is 0 Å². The Labute approximate surface area is 253 Å². The van der Waals surface area contributed by atoms with Gasteiger partial charge in [-0.2, -0.15) is 0 Å². The summed E-state index contributed by atoms with van der Waals surface area (Å²) in [4.78, 5) is 0. The fourth-order valence-corrected chi connectivity index (χ4v) is 7.45. The minimum atomic E-state index is 0.469. The number of allylic oxidation sites excluding steroid dienone is 1. The Morgan fingerprint density at radius 3 is 2.02 bits per heavy atom. The Morgan fingerprint density at radius 2 is 1.21 bits per heavy atom. The highest BCUT2D eigenvalue weighted by Crippen LogP contribution is 2.41. The highest BCUT2D eigenvalue weighted by molar-refractivity contribution is 7.26. The Bertz CT molecular complexity index is 2330. The molecule has 0 saturated heterocycles. The van der Waals surface area contributed by atoms with Gasteiger partial charge in [0.2, 0.25) is 0 Å². The summed E-state index contributed by atoms with van der Waals surface area (Å²) >= 11 is 1.77. The molecule has 2 heterocycles. The second-order valence-electron chi connectivity index (χ2n) is 10.7. The Balaban J connectivity index is 1.17. The Morgan fingerprint density at radius 1 is 0.558 bits per heavy atom. The molecule has 3 nitrogen and oxygen atoms in total. The maximum atomic E-state index is 9.07. The van der Waals surface area contributed by atoms with Crippen molar-refractivity contribution >= 4 is 59.0 Å². The number of rotatable bonds is 6. The van der Waals surface area contributed by atoms with E-state index in [4.69, 9.17) is 5.41 Å². The first-order valence-electron chi connectivity index (χ1n) is 14.4. The summed E-state index contributed by atoms with van der Waals surface area (Å²) in [7, 11) is 0. The first kappa shape index (κ1) is 25.3. The second-order valence-corrected chi connectivity index (χ2v) is 11.7. The first-order valence-corrected chi connectivity index (χ1v) is 15.2. The van der Waals surface area contributed by atoms with Crippen molar-refractivity contribution in [1.82, 2.24) is 4.68 Å². The third-order valence-electron chi connectivity index (χ3n) is 8.13. The molecular formula is C39H27N3S. The van der Waals surface area contributed by atoms with Gasteiger partial charge in [0.05, 0.1) is 16.7 Å². The summed E-state index contributed by atoms with van der Waals surface area (Å²) in [5.74, 6) is 0. The van der Waals surface area contributed by atoms with E-state index in [1.165, 1.54) is 48.5 Å². The average molecular weight is 570 g/mol. The van der Waals surface area contributed by atoms with Crippen molar-refractivity contribution in [2.75, 3.05) is 5.43 Å². The van der Waals surface area contributed by atoms with Gasteiger partial charge < -0.3 is 10.8 Å². The molecule has 0 aliphatic rings. The molecular weight excluding hydrogens is 543 g/mol. The van der Waals surface area contributed by atoms with Crippen molar-refractivity contribution in [3.8, 4) is 22.3 Å². The summed E-state index contributed by atoms with van der Waals surface area (Å²) in [6, 6.07) is 48.9. The lowest BCUT2D eigenvalue weighted by Crippen LogP contribution is -2.08. The van der Waals surface area contributed by atoms with E-state index in [9.17, 15) is 0 Å². The van der Waals surface area contributed by atoms with Crippen molar-refractivity contribution < 1.29 is 0 Å². The maximum absolute atomic E-state index is 9.07. The highest BCUT2D eigenvalue weighted by Gasteiger charge is 2.15. The molecule has 0 unspecified atom stereocenters. The number of nitrogens with one attached hydrogen (secondary N) is 2. The van der Waals surface area contributed by atoms with Gasteiger partial charge in [-0.15, -0.1) is 11.3 Å². The summed E-state index contributed by atoms with van der Waals surface area (Å²) in [6.45, 7) is 0.